The Labute approximate surface area is 129 Å². The van der Waals surface area contributed by atoms with Crippen molar-refractivity contribution in [2.75, 3.05) is 19.7 Å². The first-order chi connectivity index (χ1) is 10.7. The average molecular weight is 305 g/mol. The number of hydrogen-bond donors (Lipinski definition) is 2. The van der Waals surface area contributed by atoms with Gasteiger partial charge in [-0.25, -0.2) is 4.98 Å². The molecule has 2 atom stereocenters. The standard InChI is InChI=1S/C16H23N3O3/c1-2-6-16(11-20)10-19(8-5-13(16)21)9-14-18-15-12(22-14)4-3-7-17-15/h3-4,7,13,20-21H,2,5-6,8-11H2,1H3/t13-,16+/m1/s1. The number of oxazole rings is 1. The van der Waals surface area contributed by atoms with Gasteiger partial charge in [-0.3, -0.25) is 4.90 Å². The molecule has 6 heteroatoms. The van der Waals surface area contributed by atoms with Crippen molar-refractivity contribution in [3.05, 3.63) is 24.2 Å². The van der Waals surface area contributed by atoms with Gasteiger partial charge in [-0.05, 0) is 25.0 Å². The predicted octanol–water partition coefficient (Wildman–Crippen LogP) is 1.57. The number of pyridine rings is 1. The van der Waals surface area contributed by atoms with E-state index in [9.17, 15) is 10.2 Å². The summed E-state index contributed by atoms with van der Waals surface area (Å²) in [7, 11) is 0. The minimum absolute atomic E-state index is 0.00756. The third kappa shape index (κ3) is 2.86. The molecule has 3 heterocycles. The van der Waals surface area contributed by atoms with Gasteiger partial charge in [0.2, 0.25) is 5.89 Å². The van der Waals surface area contributed by atoms with Crippen LogP contribution in [0.1, 0.15) is 32.1 Å². The number of likely N-dealkylation sites (tertiary alicyclic amines) is 1. The summed E-state index contributed by atoms with van der Waals surface area (Å²) in [5.41, 5.74) is 0.880. The van der Waals surface area contributed by atoms with Gasteiger partial charge in [0.05, 0.1) is 19.3 Å². The SMILES string of the molecule is CCC[C@@]1(CO)CN(Cc2nc3ncccc3o2)CC[C@H]1O. The molecular formula is C16H23N3O3. The highest BCUT2D eigenvalue weighted by molar-refractivity contribution is 5.66. The number of rotatable bonds is 5. The topological polar surface area (TPSA) is 82.6 Å². The summed E-state index contributed by atoms with van der Waals surface area (Å²) in [6.45, 7) is 4.10. The maximum atomic E-state index is 10.3. The Hall–Kier alpha value is -1.50. The van der Waals surface area contributed by atoms with Crippen LogP contribution >= 0.6 is 0 Å². The Balaban J connectivity index is 1.74. The van der Waals surface area contributed by atoms with E-state index in [0.29, 0.717) is 36.6 Å². The zero-order valence-electron chi connectivity index (χ0n) is 12.9. The van der Waals surface area contributed by atoms with Gasteiger partial charge in [-0.1, -0.05) is 13.3 Å². The highest BCUT2D eigenvalue weighted by atomic mass is 16.3. The van der Waals surface area contributed by atoms with E-state index in [0.717, 1.165) is 19.4 Å². The van der Waals surface area contributed by atoms with Gasteiger partial charge in [0.15, 0.2) is 11.2 Å². The molecule has 2 N–H and O–H groups in total. The summed E-state index contributed by atoms with van der Waals surface area (Å²) in [6, 6.07) is 3.68. The molecule has 1 aliphatic heterocycles. The van der Waals surface area contributed by atoms with E-state index >= 15 is 0 Å². The quantitative estimate of drug-likeness (QED) is 0.872. The van der Waals surface area contributed by atoms with E-state index < -0.39 is 11.5 Å². The fourth-order valence-corrected chi connectivity index (χ4v) is 3.43. The van der Waals surface area contributed by atoms with Gasteiger partial charge < -0.3 is 14.6 Å². The molecule has 3 rings (SSSR count). The van der Waals surface area contributed by atoms with E-state index in [-0.39, 0.29) is 6.61 Å². The summed E-state index contributed by atoms with van der Waals surface area (Å²) in [5, 5.41) is 20.1. The van der Waals surface area contributed by atoms with E-state index in [2.05, 4.69) is 21.8 Å². The van der Waals surface area contributed by atoms with E-state index in [4.69, 9.17) is 4.42 Å². The number of aliphatic hydroxyl groups is 2. The maximum Gasteiger partial charge on any atom is 0.211 e. The number of aliphatic hydroxyl groups excluding tert-OH is 2. The van der Waals surface area contributed by atoms with Crippen LogP contribution < -0.4 is 0 Å². The Bertz CT molecular complexity index is 597. The van der Waals surface area contributed by atoms with Crippen LogP contribution in [0.3, 0.4) is 0 Å². The van der Waals surface area contributed by atoms with Crippen molar-refractivity contribution in [1.29, 1.82) is 0 Å². The third-order valence-electron chi connectivity index (χ3n) is 4.60. The van der Waals surface area contributed by atoms with Gasteiger partial charge in [-0.2, -0.15) is 4.98 Å². The number of aromatic nitrogens is 2. The van der Waals surface area contributed by atoms with Crippen molar-refractivity contribution >= 4 is 11.2 Å². The Morgan fingerprint density at radius 2 is 2.36 bits per heavy atom. The highest BCUT2D eigenvalue weighted by Gasteiger charge is 2.41. The van der Waals surface area contributed by atoms with Gasteiger partial charge in [-0.15, -0.1) is 0 Å². The summed E-state index contributed by atoms with van der Waals surface area (Å²) in [5.74, 6) is 0.633. The molecule has 120 valence electrons. The molecule has 0 unspecified atom stereocenters. The Kier molecular flexibility index (Phi) is 4.42. The fraction of sp³-hybridized carbons (Fsp3) is 0.625. The summed E-state index contributed by atoms with van der Waals surface area (Å²) in [4.78, 5) is 10.8. The molecule has 2 aromatic heterocycles. The first-order valence-electron chi connectivity index (χ1n) is 7.88. The lowest BCUT2D eigenvalue weighted by Gasteiger charge is -2.45. The smallest absolute Gasteiger partial charge is 0.211 e. The lowest BCUT2D eigenvalue weighted by atomic mass is 9.74. The molecule has 0 saturated carbocycles. The second-order valence-electron chi connectivity index (χ2n) is 6.22. The van der Waals surface area contributed by atoms with Crippen LogP contribution in [-0.4, -0.2) is 50.9 Å². The maximum absolute atomic E-state index is 10.3. The monoisotopic (exact) mass is 305 g/mol. The molecule has 6 nitrogen and oxygen atoms in total. The van der Waals surface area contributed by atoms with Crippen molar-refractivity contribution in [3.63, 3.8) is 0 Å². The van der Waals surface area contributed by atoms with Gasteiger partial charge in [0.1, 0.15) is 0 Å². The molecular weight excluding hydrogens is 282 g/mol. The van der Waals surface area contributed by atoms with Crippen LogP contribution in [-0.2, 0) is 6.54 Å². The van der Waals surface area contributed by atoms with Crippen LogP contribution in [0.5, 0.6) is 0 Å². The van der Waals surface area contributed by atoms with Crippen LogP contribution in [0.15, 0.2) is 22.7 Å². The average Bonchev–Trinajstić information content (AvgIpc) is 2.93. The normalized spacial score (nSPS) is 26.6. The molecule has 2 aromatic rings. The highest BCUT2D eigenvalue weighted by Crippen LogP contribution is 2.35. The third-order valence-corrected chi connectivity index (χ3v) is 4.60. The first kappa shape index (κ1) is 15.4. The zero-order chi connectivity index (χ0) is 15.6. The number of fused-ring (bicyclic) bond motifs is 1. The molecule has 1 aliphatic rings. The molecule has 0 aliphatic carbocycles. The second-order valence-corrected chi connectivity index (χ2v) is 6.22. The van der Waals surface area contributed by atoms with E-state index in [1.807, 2.05) is 12.1 Å². The Morgan fingerprint density at radius 1 is 1.50 bits per heavy atom. The molecule has 0 aromatic carbocycles. The molecule has 0 radical (unpaired) electrons. The number of hydrogen-bond acceptors (Lipinski definition) is 6. The zero-order valence-corrected chi connectivity index (χ0v) is 12.9. The summed E-state index contributed by atoms with van der Waals surface area (Å²) >= 11 is 0. The predicted molar refractivity (Wildman–Crippen MR) is 82.1 cm³/mol. The van der Waals surface area contributed by atoms with Crippen molar-refractivity contribution < 1.29 is 14.6 Å². The first-order valence-corrected chi connectivity index (χ1v) is 7.88. The fourth-order valence-electron chi connectivity index (χ4n) is 3.43. The molecule has 1 fully saturated rings. The van der Waals surface area contributed by atoms with Crippen molar-refractivity contribution in [1.82, 2.24) is 14.9 Å². The van der Waals surface area contributed by atoms with Gasteiger partial charge in [0.25, 0.3) is 0 Å². The molecule has 1 saturated heterocycles. The molecule has 0 amide bonds. The minimum atomic E-state index is -0.445. The van der Waals surface area contributed by atoms with Crippen LogP contribution in [0.4, 0.5) is 0 Å². The minimum Gasteiger partial charge on any atom is -0.438 e. The lowest BCUT2D eigenvalue weighted by Crippen LogP contribution is -2.53. The Morgan fingerprint density at radius 3 is 3.09 bits per heavy atom. The summed E-state index contributed by atoms with van der Waals surface area (Å²) < 4.78 is 5.72. The lowest BCUT2D eigenvalue weighted by molar-refractivity contribution is -0.0832. The number of piperidine rings is 1. The van der Waals surface area contributed by atoms with Gasteiger partial charge >= 0.3 is 0 Å². The van der Waals surface area contributed by atoms with Crippen molar-refractivity contribution in [3.8, 4) is 0 Å². The second kappa shape index (κ2) is 6.32. The van der Waals surface area contributed by atoms with Gasteiger partial charge in [0, 0.05) is 24.7 Å². The largest absolute Gasteiger partial charge is 0.438 e. The van der Waals surface area contributed by atoms with Crippen LogP contribution in [0.2, 0.25) is 0 Å². The van der Waals surface area contributed by atoms with Crippen molar-refractivity contribution in [2.45, 2.75) is 38.8 Å². The van der Waals surface area contributed by atoms with E-state index in [1.165, 1.54) is 0 Å². The molecule has 0 spiro atoms. The summed E-state index contributed by atoms with van der Waals surface area (Å²) in [6.07, 6.45) is 3.68. The van der Waals surface area contributed by atoms with Crippen LogP contribution in [0, 0.1) is 5.41 Å². The van der Waals surface area contributed by atoms with E-state index in [1.54, 1.807) is 6.20 Å². The molecule has 22 heavy (non-hydrogen) atoms. The molecule has 0 bridgehead atoms. The van der Waals surface area contributed by atoms with Crippen LogP contribution in [0.25, 0.3) is 11.2 Å². The number of nitrogens with zero attached hydrogens (tertiary/aromatic N) is 3. The van der Waals surface area contributed by atoms with Crippen molar-refractivity contribution in [2.24, 2.45) is 5.41 Å².